The van der Waals surface area contributed by atoms with E-state index in [2.05, 4.69) is 30.6 Å². The Balaban J connectivity index is 2.78. The van der Waals surface area contributed by atoms with Crippen LogP contribution in [0.3, 0.4) is 0 Å². The third-order valence-electron chi connectivity index (χ3n) is 4.13. The third kappa shape index (κ3) is 5.35. The molecule has 1 heterocycles. The first kappa shape index (κ1) is 20.2. The van der Waals surface area contributed by atoms with E-state index in [1.165, 1.54) is 7.11 Å². The monoisotopic (exact) mass is 337 g/mol. The van der Waals surface area contributed by atoms with Crippen LogP contribution in [-0.4, -0.2) is 46.3 Å². The smallest absolute Gasteiger partial charge is 0.325 e. The number of rotatable bonds is 8. The number of nitrogens with zero attached hydrogens (tertiary/aromatic N) is 3. The summed E-state index contributed by atoms with van der Waals surface area (Å²) in [6.45, 7) is 13.0. The standard InChI is InChI=1S/C18H31N3O3/c1-12(2)10-21-15(6)16(14(5)19-21)8-9-17(22)20(13(3)4)11-18(23)24-7/h12-13H,8-11H2,1-7H3. The Hall–Kier alpha value is -1.85. The Labute approximate surface area is 145 Å². The van der Waals surface area contributed by atoms with E-state index in [1.54, 1.807) is 4.90 Å². The lowest BCUT2D eigenvalue weighted by Crippen LogP contribution is -2.41. The van der Waals surface area contributed by atoms with Crippen molar-refractivity contribution >= 4 is 11.9 Å². The summed E-state index contributed by atoms with van der Waals surface area (Å²) in [5.74, 6) is 0.0916. The molecule has 0 spiro atoms. The topological polar surface area (TPSA) is 64.4 Å². The second-order valence-corrected chi connectivity index (χ2v) is 6.92. The quantitative estimate of drug-likeness (QED) is 0.684. The maximum Gasteiger partial charge on any atom is 0.325 e. The highest BCUT2D eigenvalue weighted by Gasteiger charge is 2.21. The van der Waals surface area contributed by atoms with Gasteiger partial charge in [0.2, 0.25) is 5.91 Å². The fraction of sp³-hybridized carbons (Fsp3) is 0.722. The summed E-state index contributed by atoms with van der Waals surface area (Å²) in [5, 5.41) is 4.59. The summed E-state index contributed by atoms with van der Waals surface area (Å²) < 4.78 is 6.70. The van der Waals surface area contributed by atoms with Gasteiger partial charge in [-0.3, -0.25) is 14.3 Å². The van der Waals surface area contributed by atoms with Gasteiger partial charge in [-0.2, -0.15) is 5.10 Å². The van der Waals surface area contributed by atoms with Gasteiger partial charge >= 0.3 is 5.97 Å². The Kier molecular flexibility index (Phi) is 7.45. The van der Waals surface area contributed by atoms with Crippen molar-refractivity contribution in [3.63, 3.8) is 0 Å². The van der Waals surface area contributed by atoms with Crippen LogP contribution in [0.2, 0.25) is 0 Å². The molecule has 6 heteroatoms. The Morgan fingerprint density at radius 2 is 1.83 bits per heavy atom. The van der Waals surface area contributed by atoms with Gasteiger partial charge in [0.1, 0.15) is 6.54 Å². The number of aryl methyl sites for hydroxylation is 1. The number of hydrogen-bond donors (Lipinski definition) is 0. The summed E-state index contributed by atoms with van der Waals surface area (Å²) >= 11 is 0. The number of hydrogen-bond acceptors (Lipinski definition) is 4. The molecule has 136 valence electrons. The molecule has 0 aromatic carbocycles. The van der Waals surface area contributed by atoms with E-state index in [-0.39, 0.29) is 18.5 Å². The predicted molar refractivity (Wildman–Crippen MR) is 93.7 cm³/mol. The van der Waals surface area contributed by atoms with Gasteiger partial charge in [0.05, 0.1) is 12.8 Å². The number of aromatic nitrogens is 2. The fourth-order valence-corrected chi connectivity index (χ4v) is 2.76. The van der Waals surface area contributed by atoms with E-state index >= 15 is 0 Å². The lowest BCUT2D eigenvalue weighted by atomic mass is 10.1. The van der Waals surface area contributed by atoms with Gasteiger partial charge in [0, 0.05) is 24.7 Å². The first-order valence-electron chi connectivity index (χ1n) is 8.56. The van der Waals surface area contributed by atoms with Crippen LogP contribution in [-0.2, 0) is 27.3 Å². The van der Waals surface area contributed by atoms with Crippen LogP contribution >= 0.6 is 0 Å². The van der Waals surface area contributed by atoms with Crippen LogP contribution in [0.1, 0.15) is 51.1 Å². The van der Waals surface area contributed by atoms with Crippen LogP contribution in [0.5, 0.6) is 0 Å². The number of carbonyl (C=O) groups is 2. The molecule has 0 aliphatic carbocycles. The van der Waals surface area contributed by atoms with E-state index in [1.807, 2.05) is 25.5 Å². The Bertz CT molecular complexity index is 576. The van der Waals surface area contributed by atoms with Crippen molar-refractivity contribution in [2.45, 2.75) is 67.0 Å². The Morgan fingerprint density at radius 3 is 2.33 bits per heavy atom. The molecule has 24 heavy (non-hydrogen) atoms. The van der Waals surface area contributed by atoms with Crippen molar-refractivity contribution in [3.8, 4) is 0 Å². The molecule has 6 nitrogen and oxygen atoms in total. The molecule has 0 atom stereocenters. The van der Waals surface area contributed by atoms with Crippen molar-refractivity contribution in [1.29, 1.82) is 0 Å². The van der Waals surface area contributed by atoms with Crippen molar-refractivity contribution in [2.75, 3.05) is 13.7 Å². The molecule has 0 bridgehead atoms. The fourth-order valence-electron chi connectivity index (χ4n) is 2.76. The minimum Gasteiger partial charge on any atom is -0.468 e. The first-order chi connectivity index (χ1) is 11.2. The molecule has 0 N–H and O–H groups in total. The summed E-state index contributed by atoms with van der Waals surface area (Å²) in [6, 6.07) is -0.0394. The lowest BCUT2D eigenvalue weighted by molar-refractivity contribution is -0.148. The maximum absolute atomic E-state index is 12.5. The maximum atomic E-state index is 12.5. The normalized spacial score (nSPS) is 11.2. The highest BCUT2D eigenvalue weighted by molar-refractivity contribution is 5.82. The minimum absolute atomic E-state index is 0.00241. The van der Waals surface area contributed by atoms with Crippen molar-refractivity contribution in [1.82, 2.24) is 14.7 Å². The molecular formula is C18H31N3O3. The largest absolute Gasteiger partial charge is 0.468 e. The van der Waals surface area contributed by atoms with E-state index in [0.29, 0.717) is 18.8 Å². The average Bonchev–Trinajstić information content (AvgIpc) is 2.75. The molecule has 1 amide bonds. The molecular weight excluding hydrogens is 306 g/mol. The molecule has 0 aliphatic heterocycles. The molecule has 0 aliphatic rings. The number of esters is 1. The number of ether oxygens (including phenoxy) is 1. The Morgan fingerprint density at radius 1 is 1.21 bits per heavy atom. The predicted octanol–water partition coefficient (Wildman–Crippen LogP) is 2.50. The highest BCUT2D eigenvalue weighted by atomic mass is 16.5. The molecule has 0 unspecified atom stereocenters. The van der Waals surface area contributed by atoms with E-state index in [9.17, 15) is 9.59 Å². The highest BCUT2D eigenvalue weighted by Crippen LogP contribution is 2.17. The molecule has 0 radical (unpaired) electrons. The second-order valence-electron chi connectivity index (χ2n) is 6.92. The van der Waals surface area contributed by atoms with Gasteiger partial charge < -0.3 is 9.64 Å². The van der Waals surface area contributed by atoms with Gasteiger partial charge in [-0.25, -0.2) is 0 Å². The van der Waals surface area contributed by atoms with E-state index in [4.69, 9.17) is 0 Å². The van der Waals surface area contributed by atoms with Gasteiger partial charge in [0.25, 0.3) is 0 Å². The van der Waals surface area contributed by atoms with Gasteiger partial charge in [-0.1, -0.05) is 13.8 Å². The molecule has 0 saturated heterocycles. The average molecular weight is 337 g/mol. The minimum atomic E-state index is -0.394. The molecule has 1 aromatic rings. The number of methoxy groups -OCH3 is 1. The van der Waals surface area contributed by atoms with Crippen molar-refractivity contribution in [3.05, 3.63) is 17.0 Å². The zero-order chi connectivity index (χ0) is 18.4. The molecule has 0 fully saturated rings. The van der Waals surface area contributed by atoms with Crippen LogP contribution in [0.25, 0.3) is 0 Å². The molecule has 1 rings (SSSR count). The van der Waals surface area contributed by atoms with Gasteiger partial charge in [-0.15, -0.1) is 0 Å². The SMILES string of the molecule is COC(=O)CN(C(=O)CCc1c(C)nn(CC(C)C)c1C)C(C)C. The van der Waals surface area contributed by atoms with Gasteiger partial charge in [-0.05, 0) is 45.6 Å². The number of amides is 1. The lowest BCUT2D eigenvalue weighted by Gasteiger charge is -2.25. The summed E-state index contributed by atoms with van der Waals surface area (Å²) in [7, 11) is 1.33. The van der Waals surface area contributed by atoms with Gasteiger partial charge in [0.15, 0.2) is 0 Å². The third-order valence-corrected chi connectivity index (χ3v) is 4.13. The number of carbonyl (C=O) groups excluding carboxylic acids is 2. The van der Waals surface area contributed by atoms with E-state index in [0.717, 1.165) is 23.5 Å². The van der Waals surface area contributed by atoms with Crippen molar-refractivity contribution < 1.29 is 14.3 Å². The zero-order valence-corrected chi connectivity index (χ0v) is 16.0. The zero-order valence-electron chi connectivity index (χ0n) is 16.0. The summed E-state index contributed by atoms with van der Waals surface area (Å²) in [4.78, 5) is 25.6. The van der Waals surface area contributed by atoms with Crippen LogP contribution in [0.4, 0.5) is 0 Å². The molecule has 0 saturated carbocycles. The van der Waals surface area contributed by atoms with Crippen LogP contribution in [0.15, 0.2) is 0 Å². The van der Waals surface area contributed by atoms with Crippen LogP contribution < -0.4 is 0 Å². The summed E-state index contributed by atoms with van der Waals surface area (Å²) in [5.41, 5.74) is 3.23. The molecule has 1 aromatic heterocycles. The summed E-state index contributed by atoms with van der Waals surface area (Å²) in [6.07, 6.45) is 1.00. The van der Waals surface area contributed by atoms with Crippen molar-refractivity contribution in [2.24, 2.45) is 5.92 Å². The first-order valence-corrected chi connectivity index (χ1v) is 8.56. The van der Waals surface area contributed by atoms with E-state index < -0.39 is 5.97 Å². The second kappa shape index (κ2) is 8.85. The van der Waals surface area contributed by atoms with Crippen LogP contribution in [0, 0.1) is 19.8 Å².